The summed E-state index contributed by atoms with van der Waals surface area (Å²) in [6, 6.07) is 7.01. The smallest absolute Gasteiger partial charge is 0.303 e. The fourth-order valence-electron chi connectivity index (χ4n) is 1.71. The summed E-state index contributed by atoms with van der Waals surface area (Å²) in [6.07, 6.45) is 1.77. The number of anilines is 1. The molecule has 2 rings (SSSR count). The van der Waals surface area contributed by atoms with Crippen LogP contribution in [0, 0.1) is 6.92 Å². The summed E-state index contributed by atoms with van der Waals surface area (Å²) in [5.74, 6) is -1.01. The fourth-order valence-corrected chi connectivity index (χ4v) is 1.71. The van der Waals surface area contributed by atoms with E-state index in [-0.39, 0.29) is 18.1 Å². The van der Waals surface area contributed by atoms with Crippen molar-refractivity contribution in [3.63, 3.8) is 0 Å². The van der Waals surface area contributed by atoms with Gasteiger partial charge in [0.15, 0.2) is 6.39 Å². The van der Waals surface area contributed by atoms with Gasteiger partial charge >= 0.3 is 5.97 Å². The van der Waals surface area contributed by atoms with Crippen LogP contribution in [0.25, 0.3) is 0 Å². The van der Waals surface area contributed by atoms with Gasteiger partial charge in [-0.1, -0.05) is 12.1 Å². The third-order valence-corrected chi connectivity index (χ3v) is 2.79. The first-order valence-corrected chi connectivity index (χ1v) is 6.08. The van der Waals surface area contributed by atoms with Crippen LogP contribution < -0.4 is 5.32 Å². The number of rotatable bonds is 5. The van der Waals surface area contributed by atoms with Crippen molar-refractivity contribution in [3.8, 4) is 0 Å². The highest BCUT2D eigenvalue weighted by atomic mass is 16.4. The van der Waals surface area contributed by atoms with E-state index < -0.39 is 5.97 Å². The molecule has 1 aromatic heterocycles. The van der Waals surface area contributed by atoms with E-state index in [9.17, 15) is 9.59 Å². The molecule has 6 nitrogen and oxygen atoms in total. The summed E-state index contributed by atoms with van der Waals surface area (Å²) >= 11 is 0. The molecule has 104 valence electrons. The molecule has 1 heterocycles. The van der Waals surface area contributed by atoms with Gasteiger partial charge in [0.2, 0.25) is 5.76 Å². The molecule has 0 aliphatic rings. The standard InChI is InChI=1S/C14H14N2O4/c1-9-13(20-8-15-9)14(19)16-11-5-2-10(3-6-11)4-7-12(17)18/h2-3,5-6,8H,4,7H2,1H3,(H,16,19)(H,17,18). The maximum absolute atomic E-state index is 11.9. The summed E-state index contributed by atoms with van der Waals surface area (Å²) in [5, 5.41) is 11.3. The van der Waals surface area contributed by atoms with Crippen LogP contribution in [0.3, 0.4) is 0 Å². The zero-order valence-corrected chi connectivity index (χ0v) is 10.9. The molecule has 0 saturated heterocycles. The average Bonchev–Trinajstić information content (AvgIpc) is 2.84. The molecule has 0 aliphatic heterocycles. The van der Waals surface area contributed by atoms with Crippen molar-refractivity contribution >= 4 is 17.6 Å². The monoisotopic (exact) mass is 274 g/mol. The third-order valence-electron chi connectivity index (χ3n) is 2.79. The molecule has 0 bridgehead atoms. The average molecular weight is 274 g/mol. The van der Waals surface area contributed by atoms with E-state index in [0.717, 1.165) is 5.56 Å². The lowest BCUT2D eigenvalue weighted by Gasteiger charge is -2.05. The molecule has 0 aliphatic carbocycles. The second-order valence-corrected chi connectivity index (χ2v) is 4.31. The van der Waals surface area contributed by atoms with Crippen molar-refractivity contribution in [2.75, 3.05) is 5.32 Å². The van der Waals surface area contributed by atoms with Crippen molar-refractivity contribution in [1.29, 1.82) is 0 Å². The van der Waals surface area contributed by atoms with E-state index in [2.05, 4.69) is 10.3 Å². The molecular formula is C14H14N2O4. The van der Waals surface area contributed by atoms with Crippen LogP contribution in [0.4, 0.5) is 5.69 Å². The Morgan fingerprint density at radius 3 is 2.55 bits per heavy atom. The Morgan fingerprint density at radius 2 is 2.00 bits per heavy atom. The lowest BCUT2D eigenvalue weighted by molar-refractivity contribution is -0.136. The quantitative estimate of drug-likeness (QED) is 0.872. The maximum Gasteiger partial charge on any atom is 0.303 e. The van der Waals surface area contributed by atoms with Gasteiger partial charge in [-0.05, 0) is 31.0 Å². The number of hydrogen-bond donors (Lipinski definition) is 2. The lowest BCUT2D eigenvalue weighted by atomic mass is 10.1. The molecule has 2 N–H and O–H groups in total. The number of carboxylic acids is 1. The summed E-state index contributed by atoms with van der Waals surface area (Å²) < 4.78 is 5.00. The van der Waals surface area contributed by atoms with E-state index >= 15 is 0 Å². The summed E-state index contributed by atoms with van der Waals surface area (Å²) in [7, 11) is 0. The van der Waals surface area contributed by atoms with Crippen LogP contribution in [0.5, 0.6) is 0 Å². The molecule has 0 spiro atoms. The third kappa shape index (κ3) is 3.44. The van der Waals surface area contributed by atoms with Crippen molar-refractivity contribution < 1.29 is 19.1 Å². The number of benzene rings is 1. The van der Waals surface area contributed by atoms with Crippen LogP contribution in [-0.2, 0) is 11.2 Å². The topological polar surface area (TPSA) is 92.4 Å². The minimum Gasteiger partial charge on any atom is -0.481 e. The van der Waals surface area contributed by atoms with E-state index in [1.165, 1.54) is 6.39 Å². The SMILES string of the molecule is Cc1ncoc1C(=O)Nc1ccc(CCC(=O)O)cc1. The fraction of sp³-hybridized carbons (Fsp3) is 0.214. The number of carbonyl (C=O) groups excluding carboxylic acids is 1. The van der Waals surface area contributed by atoms with E-state index in [1.54, 1.807) is 31.2 Å². The molecule has 2 aromatic rings. The van der Waals surface area contributed by atoms with Crippen molar-refractivity contribution in [3.05, 3.63) is 47.7 Å². The summed E-state index contributed by atoms with van der Waals surface area (Å²) in [4.78, 5) is 26.2. The second kappa shape index (κ2) is 6.01. The van der Waals surface area contributed by atoms with Gasteiger partial charge in [0.1, 0.15) is 0 Å². The lowest BCUT2D eigenvalue weighted by Crippen LogP contribution is -2.12. The Labute approximate surface area is 115 Å². The minimum absolute atomic E-state index is 0.0863. The molecule has 0 fully saturated rings. The minimum atomic E-state index is -0.830. The summed E-state index contributed by atoms with van der Waals surface area (Å²) in [6.45, 7) is 1.69. The maximum atomic E-state index is 11.9. The van der Waals surface area contributed by atoms with Crippen LogP contribution in [0.2, 0.25) is 0 Å². The second-order valence-electron chi connectivity index (χ2n) is 4.31. The number of amides is 1. The number of aliphatic carboxylic acids is 1. The van der Waals surface area contributed by atoms with Crippen LogP contribution >= 0.6 is 0 Å². The largest absolute Gasteiger partial charge is 0.481 e. The Morgan fingerprint density at radius 1 is 1.30 bits per heavy atom. The Hall–Kier alpha value is -2.63. The van der Waals surface area contributed by atoms with Crippen LogP contribution in [0.1, 0.15) is 28.2 Å². The number of carbonyl (C=O) groups is 2. The first-order valence-electron chi connectivity index (χ1n) is 6.08. The molecular weight excluding hydrogens is 260 g/mol. The number of nitrogens with one attached hydrogen (secondary N) is 1. The number of aryl methyl sites for hydroxylation is 2. The van der Waals surface area contributed by atoms with Crippen LogP contribution in [0.15, 0.2) is 35.1 Å². The molecule has 0 atom stereocenters. The van der Waals surface area contributed by atoms with E-state index in [0.29, 0.717) is 17.8 Å². The first kappa shape index (κ1) is 13.8. The van der Waals surface area contributed by atoms with Crippen molar-refractivity contribution in [2.45, 2.75) is 19.8 Å². The Kier molecular flexibility index (Phi) is 4.14. The van der Waals surface area contributed by atoms with Crippen molar-refractivity contribution in [1.82, 2.24) is 4.98 Å². The van der Waals surface area contributed by atoms with Gasteiger partial charge in [0.05, 0.1) is 5.69 Å². The number of nitrogens with zero attached hydrogens (tertiary/aromatic N) is 1. The van der Waals surface area contributed by atoms with Gasteiger partial charge in [-0.15, -0.1) is 0 Å². The molecule has 20 heavy (non-hydrogen) atoms. The van der Waals surface area contributed by atoms with Gasteiger partial charge in [-0.3, -0.25) is 9.59 Å². The van der Waals surface area contributed by atoms with Gasteiger partial charge in [-0.2, -0.15) is 0 Å². The molecule has 0 unspecified atom stereocenters. The van der Waals surface area contributed by atoms with E-state index in [4.69, 9.17) is 9.52 Å². The number of hydrogen-bond acceptors (Lipinski definition) is 4. The predicted molar refractivity (Wildman–Crippen MR) is 71.6 cm³/mol. The zero-order valence-electron chi connectivity index (χ0n) is 10.9. The number of carboxylic acid groups (broad SMARTS) is 1. The van der Waals surface area contributed by atoms with Gasteiger partial charge in [0, 0.05) is 12.1 Å². The van der Waals surface area contributed by atoms with Gasteiger partial charge in [0.25, 0.3) is 5.91 Å². The molecule has 0 saturated carbocycles. The predicted octanol–water partition coefficient (Wildman–Crippen LogP) is 2.25. The van der Waals surface area contributed by atoms with Gasteiger partial charge in [-0.25, -0.2) is 4.98 Å². The number of oxazole rings is 1. The van der Waals surface area contributed by atoms with Gasteiger partial charge < -0.3 is 14.8 Å². The summed E-state index contributed by atoms with van der Waals surface area (Å²) in [5.41, 5.74) is 2.05. The Balaban J connectivity index is 1.99. The van der Waals surface area contributed by atoms with Crippen molar-refractivity contribution in [2.24, 2.45) is 0 Å². The molecule has 0 radical (unpaired) electrons. The van der Waals surface area contributed by atoms with Crippen LogP contribution in [-0.4, -0.2) is 22.0 Å². The first-order chi connectivity index (χ1) is 9.56. The molecule has 6 heteroatoms. The zero-order chi connectivity index (χ0) is 14.5. The highest BCUT2D eigenvalue weighted by molar-refractivity contribution is 6.02. The number of aromatic nitrogens is 1. The highest BCUT2D eigenvalue weighted by Gasteiger charge is 2.13. The molecule has 1 aromatic carbocycles. The molecule has 1 amide bonds. The van der Waals surface area contributed by atoms with E-state index in [1.807, 2.05) is 0 Å². The normalized spacial score (nSPS) is 10.2. The Bertz CT molecular complexity index is 616. The highest BCUT2D eigenvalue weighted by Crippen LogP contribution is 2.13.